The molecule has 0 aliphatic heterocycles. The maximum atomic E-state index is 13.2. The molecule has 1 aromatic rings. The molecule has 14 heteroatoms. The summed E-state index contributed by atoms with van der Waals surface area (Å²) in [5, 5.41) is 10.8. The number of amides is 7. The molecule has 0 radical (unpaired) electrons. The Morgan fingerprint density at radius 3 is 2.04 bits per heavy atom. The van der Waals surface area contributed by atoms with Gasteiger partial charge in [-0.1, -0.05) is 53.7 Å². The number of primary amides is 1. The van der Waals surface area contributed by atoms with Gasteiger partial charge in [0.25, 0.3) is 0 Å². The summed E-state index contributed by atoms with van der Waals surface area (Å²) in [7, 11) is 2.97. The van der Waals surface area contributed by atoms with Gasteiger partial charge in [-0.25, -0.2) is 14.4 Å². The van der Waals surface area contributed by atoms with Gasteiger partial charge in [-0.3, -0.25) is 19.3 Å². The molecule has 0 saturated carbocycles. The van der Waals surface area contributed by atoms with Crippen molar-refractivity contribution in [3.05, 3.63) is 29.8 Å². The number of nitrogens with zero attached hydrogens (tertiary/aromatic N) is 2. The number of benzene rings is 1. The molecule has 256 valence electrons. The van der Waals surface area contributed by atoms with Gasteiger partial charge < -0.3 is 31.7 Å². The summed E-state index contributed by atoms with van der Waals surface area (Å²) in [4.78, 5) is 76.2. The van der Waals surface area contributed by atoms with Gasteiger partial charge in [0.15, 0.2) is 6.04 Å². The molecule has 1 rings (SSSR count). The molecule has 0 aromatic heterocycles. The predicted molar refractivity (Wildman–Crippen MR) is 175 cm³/mol. The topological polar surface area (TPSA) is 192 Å². The van der Waals surface area contributed by atoms with Crippen molar-refractivity contribution in [3.63, 3.8) is 0 Å². The minimum atomic E-state index is -0.894. The molecular formula is C32H52N7O7+. The molecule has 14 nitrogen and oxygen atoms in total. The third kappa shape index (κ3) is 13.7. The van der Waals surface area contributed by atoms with E-state index >= 15 is 0 Å². The summed E-state index contributed by atoms with van der Waals surface area (Å²) in [6.45, 7) is 14.8. The lowest BCUT2D eigenvalue weighted by Gasteiger charge is -2.31. The first-order chi connectivity index (χ1) is 21.4. The Bertz CT molecular complexity index is 1230. The molecule has 6 N–H and O–H groups in total. The van der Waals surface area contributed by atoms with E-state index < -0.39 is 42.1 Å². The van der Waals surface area contributed by atoms with Gasteiger partial charge in [-0.15, -0.1) is 0 Å². The van der Waals surface area contributed by atoms with Gasteiger partial charge in [-0.2, -0.15) is 4.58 Å². The molecule has 1 aromatic carbocycles. The highest BCUT2D eigenvalue weighted by Crippen LogP contribution is 2.16. The van der Waals surface area contributed by atoms with Crippen LogP contribution in [0.5, 0.6) is 0 Å². The van der Waals surface area contributed by atoms with Crippen molar-refractivity contribution >= 4 is 48.2 Å². The average molecular weight is 647 g/mol. The second kappa shape index (κ2) is 19.1. The van der Waals surface area contributed by atoms with Crippen LogP contribution >= 0.6 is 0 Å². The van der Waals surface area contributed by atoms with E-state index in [0.717, 1.165) is 0 Å². The second-order valence-electron chi connectivity index (χ2n) is 12.5. The van der Waals surface area contributed by atoms with Crippen molar-refractivity contribution < 1.29 is 38.1 Å². The lowest BCUT2D eigenvalue weighted by molar-refractivity contribution is -0.413. The zero-order chi connectivity index (χ0) is 35.1. The number of likely N-dealkylation sites (N-methyl/N-ethyl adjacent to an activating group) is 2. The van der Waals surface area contributed by atoms with Crippen LogP contribution in [0.15, 0.2) is 24.3 Å². The molecule has 0 spiro atoms. The van der Waals surface area contributed by atoms with E-state index in [1.54, 1.807) is 38.1 Å². The number of anilines is 1. The molecule has 3 atom stereocenters. The summed E-state index contributed by atoms with van der Waals surface area (Å²) >= 11 is 0. The lowest BCUT2D eigenvalue weighted by Crippen LogP contribution is -2.56. The van der Waals surface area contributed by atoms with Crippen LogP contribution in [0.25, 0.3) is 0 Å². The molecule has 7 amide bonds. The molecule has 0 heterocycles. The molecule has 0 bridgehead atoms. The molecule has 46 heavy (non-hydrogen) atoms. The number of nitrogens with one attached hydrogen (secondary N) is 4. The Hall–Kier alpha value is -4.49. The van der Waals surface area contributed by atoms with Gasteiger partial charge in [0, 0.05) is 25.7 Å². The summed E-state index contributed by atoms with van der Waals surface area (Å²) in [6.07, 6.45) is 0.249. The van der Waals surface area contributed by atoms with Crippen molar-refractivity contribution in [2.45, 2.75) is 85.5 Å². The van der Waals surface area contributed by atoms with Crippen molar-refractivity contribution in [2.24, 2.45) is 23.5 Å². The molecule has 0 fully saturated rings. The number of carbonyl (C=O) groups excluding carboxylic acids is 6. The standard InChI is InChI=1S/C32H51N7O7/c1-19(2)17-25(40)36-24(11-10-16-34-31(33)44)28(41)35-23-14-12-22(13-15-23)18-46-32(45)39(9)27(21(5)6)29(42)37-26(20(3)4)30(43)38(7)8/h12-15,19-21,24,26-27H,7,10-11,16-18H2,1-6,8-9H3,(H5-,33,34,35,36,37,40,41,42,44)/p+1/t24-,26-,27-/m0/s1. The Kier molecular flexibility index (Phi) is 16.4. The number of hydrogen-bond donors (Lipinski definition) is 5. The zero-order valence-corrected chi connectivity index (χ0v) is 28.3. The highest BCUT2D eigenvalue weighted by atomic mass is 16.6. The van der Waals surface area contributed by atoms with Crippen LogP contribution in [-0.4, -0.2) is 90.7 Å². The summed E-state index contributed by atoms with van der Waals surface area (Å²) in [6, 6.07) is 3.44. The fraction of sp³-hybridized carbons (Fsp3) is 0.594. The van der Waals surface area contributed by atoms with Gasteiger partial charge in [0.05, 0.1) is 0 Å². The number of hydrogen-bond acceptors (Lipinski definition) is 7. The van der Waals surface area contributed by atoms with E-state index in [4.69, 9.17) is 10.5 Å². The monoisotopic (exact) mass is 646 g/mol. The first-order valence-corrected chi connectivity index (χ1v) is 15.4. The van der Waals surface area contributed by atoms with Crippen molar-refractivity contribution in [3.8, 4) is 0 Å². The Morgan fingerprint density at radius 2 is 1.54 bits per heavy atom. The Labute approximate surface area is 271 Å². The van der Waals surface area contributed by atoms with Crippen LogP contribution in [0, 0.1) is 17.8 Å². The van der Waals surface area contributed by atoms with Gasteiger partial charge in [0.1, 0.15) is 32.5 Å². The summed E-state index contributed by atoms with van der Waals surface area (Å²) in [5.41, 5.74) is 6.19. The van der Waals surface area contributed by atoms with E-state index in [1.807, 2.05) is 27.7 Å². The summed E-state index contributed by atoms with van der Waals surface area (Å²) < 4.78 is 6.63. The molecule has 0 aliphatic rings. The average Bonchev–Trinajstić information content (AvgIpc) is 2.95. The van der Waals surface area contributed by atoms with Gasteiger partial charge in [0.2, 0.25) is 17.7 Å². The van der Waals surface area contributed by atoms with E-state index in [-0.39, 0.29) is 55.6 Å². The van der Waals surface area contributed by atoms with Crippen molar-refractivity contribution in [2.75, 3.05) is 26.0 Å². The van der Waals surface area contributed by atoms with Crippen LogP contribution in [-0.2, 0) is 30.5 Å². The maximum Gasteiger partial charge on any atom is 0.410 e. The van der Waals surface area contributed by atoms with Crippen LogP contribution in [0.1, 0.15) is 66.4 Å². The normalized spacial score (nSPS) is 12.9. The zero-order valence-electron chi connectivity index (χ0n) is 28.3. The molecule has 0 saturated heterocycles. The highest BCUT2D eigenvalue weighted by molar-refractivity contribution is 5.97. The Morgan fingerprint density at radius 1 is 0.935 bits per heavy atom. The SMILES string of the molecule is C=[N+](C)C(=O)[C@@H](NC(=O)[C@H](C(C)C)N(C)C(=O)OCc1ccc(NC(=O)[C@H](CCCNC(N)=O)NC(=O)CC(C)C)cc1)C(C)C. The van der Waals surface area contributed by atoms with Gasteiger partial charge in [-0.05, 0) is 48.3 Å². The smallest absolute Gasteiger partial charge is 0.410 e. The third-order valence-corrected chi connectivity index (χ3v) is 7.01. The summed E-state index contributed by atoms with van der Waals surface area (Å²) in [5.74, 6) is -1.86. The predicted octanol–water partition coefficient (Wildman–Crippen LogP) is 2.21. The van der Waals surface area contributed by atoms with Gasteiger partial charge >= 0.3 is 18.0 Å². The second-order valence-corrected chi connectivity index (χ2v) is 12.5. The number of carbonyl (C=O) groups is 6. The minimum absolute atomic E-state index is 0.0933. The van der Waals surface area contributed by atoms with Crippen LogP contribution < -0.4 is 27.0 Å². The first-order valence-electron chi connectivity index (χ1n) is 15.4. The third-order valence-electron chi connectivity index (χ3n) is 7.01. The first kappa shape index (κ1) is 39.5. The Balaban J connectivity index is 2.85. The highest BCUT2D eigenvalue weighted by Gasteiger charge is 2.36. The molecular weight excluding hydrogens is 594 g/mol. The number of ether oxygens (including phenoxy) is 1. The molecule has 0 aliphatic carbocycles. The van der Waals surface area contributed by atoms with E-state index in [1.165, 1.54) is 23.6 Å². The lowest BCUT2D eigenvalue weighted by atomic mass is 9.99. The van der Waals surface area contributed by atoms with Crippen LogP contribution in [0.4, 0.5) is 15.3 Å². The van der Waals surface area contributed by atoms with Crippen molar-refractivity contribution in [1.29, 1.82) is 0 Å². The van der Waals surface area contributed by atoms with E-state index in [0.29, 0.717) is 17.7 Å². The fourth-order valence-electron chi connectivity index (χ4n) is 4.60. The van der Waals surface area contributed by atoms with Crippen LogP contribution in [0.3, 0.4) is 0 Å². The number of nitrogens with two attached hydrogens (primary N) is 1. The maximum absolute atomic E-state index is 13.2. The number of urea groups is 1. The van der Waals surface area contributed by atoms with E-state index in [2.05, 4.69) is 28.0 Å². The quantitative estimate of drug-likeness (QED) is 0.0973. The van der Waals surface area contributed by atoms with E-state index in [9.17, 15) is 28.8 Å². The van der Waals surface area contributed by atoms with Crippen molar-refractivity contribution in [1.82, 2.24) is 20.9 Å². The largest absolute Gasteiger partial charge is 0.445 e. The fourth-order valence-corrected chi connectivity index (χ4v) is 4.60. The number of rotatable bonds is 17. The van der Waals surface area contributed by atoms with Crippen LogP contribution in [0.2, 0.25) is 0 Å². The minimum Gasteiger partial charge on any atom is -0.445 e. The molecule has 0 unspecified atom stereocenters.